The highest BCUT2D eigenvalue weighted by Crippen LogP contribution is 2.34. The number of carbonyl (C=O) groups is 1. The second-order valence-electron chi connectivity index (χ2n) is 6.03. The molecule has 2 aromatic carbocycles. The van der Waals surface area contributed by atoms with Gasteiger partial charge >= 0.3 is 0 Å². The number of rotatable bonds is 7. The zero-order valence-corrected chi connectivity index (χ0v) is 16.4. The van der Waals surface area contributed by atoms with E-state index in [4.69, 9.17) is 14.2 Å². The second-order valence-corrected chi connectivity index (χ2v) is 6.97. The minimum Gasteiger partial charge on any atom is -0.496 e. The van der Waals surface area contributed by atoms with Crippen LogP contribution in [0.2, 0.25) is 0 Å². The predicted molar refractivity (Wildman–Crippen MR) is 105 cm³/mol. The summed E-state index contributed by atoms with van der Waals surface area (Å²) in [5.74, 6) is 2.97. The normalized spacial score (nSPS) is 12.2. The predicted octanol–water partition coefficient (Wildman–Crippen LogP) is 3.68. The van der Waals surface area contributed by atoms with Crippen LogP contribution in [0.15, 0.2) is 47.6 Å². The van der Waals surface area contributed by atoms with Crippen LogP contribution in [0.1, 0.15) is 17.3 Å². The largest absolute Gasteiger partial charge is 0.496 e. The zero-order chi connectivity index (χ0) is 19.5. The molecule has 0 radical (unpaired) electrons. The lowest BCUT2D eigenvalue weighted by Gasteiger charge is -2.10. The van der Waals surface area contributed by atoms with Crippen molar-refractivity contribution in [2.75, 3.05) is 19.7 Å². The average Bonchev–Trinajstić information content (AvgIpc) is 3.37. The molecule has 0 spiro atoms. The van der Waals surface area contributed by atoms with Gasteiger partial charge in [-0.3, -0.25) is 4.79 Å². The summed E-state index contributed by atoms with van der Waals surface area (Å²) in [4.78, 5) is 12.6. The molecule has 0 bridgehead atoms. The Morgan fingerprint density at radius 3 is 2.82 bits per heavy atom. The Morgan fingerprint density at radius 2 is 2.00 bits per heavy atom. The Morgan fingerprint density at radius 1 is 1.18 bits per heavy atom. The number of thioether (sulfide) groups is 1. The molecule has 28 heavy (non-hydrogen) atoms. The van der Waals surface area contributed by atoms with Gasteiger partial charge in [0.05, 0.1) is 18.4 Å². The van der Waals surface area contributed by atoms with Crippen LogP contribution in [0.4, 0.5) is 0 Å². The molecule has 3 aromatic rings. The Balaban J connectivity index is 1.53. The number of methoxy groups -OCH3 is 1. The van der Waals surface area contributed by atoms with Gasteiger partial charge in [-0.2, -0.15) is 0 Å². The van der Waals surface area contributed by atoms with Crippen LogP contribution in [-0.4, -0.2) is 40.2 Å². The van der Waals surface area contributed by atoms with E-state index in [0.29, 0.717) is 28.8 Å². The second kappa shape index (κ2) is 7.93. The first-order valence-electron chi connectivity index (χ1n) is 8.83. The lowest BCUT2D eigenvalue weighted by Crippen LogP contribution is -2.05. The van der Waals surface area contributed by atoms with Crippen LogP contribution in [-0.2, 0) is 6.54 Å². The van der Waals surface area contributed by atoms with Gasteiger partial charge in [-0.05, 0) is 37.3 Å². The van der Waals surface area contributed by atoms with Gasteiger partial charge in [0.1, 0.15) is 5.75 Å². The van der Waals surface area contributed by atoms with Crippen LogP contribution in [0.25, 0.3) is 11.4 Å². The van der Waals surface area contributed by atoms with Gasteiger partial charge in [0, 0.05) is 12.1 Å². The summed E-state index contributed by atoms with van der Waals surface area (Å²) in [6.45, 7) is 2.89. The van der Waals surface area contributed by atoms with Crippen molar-refractivity contribution >= 4 is 17.5 Å². The van der Waals surface area contributed by atoms with Gasteiger partial charge < -0.3 is 18.8 Å². The molecule has 0 unspecified atom stereocenters. The SMILES string of the molecule is CCn1c(SCC(=O)c2ccc3c(c2)OCO3)nnc1-c1ccccc1OC. The number of Topliss-reactive ketones (excluding diaryl/α,β-unsaturated/α-hetero) is 1. The lowest BCUT2D eigenvalue weighted by atomic mass is 10.1. The summed E-state index contributed by atoms with van der Waals surface area (Å²) in [5, 5.41) is 9.31. The van der Waals surface area contributed by atoms with Crippen molar-refractivity contribution in [1.29, 1.82) is 0 Å². The first-order chi connectivity index (χ1) is 13.7. The van der Waals surface area contributed by atoms with Crippen molar-refractivity contribution in [2.24, 2.45) is 0 Å². The molecule has 1 aliphatic rings. The number of ketones is 1. The third-order valence-corrected chi connectivity index (χ3v) is 5.37. The van der Waals surface area contributed by atoms with Crippen molar-refractivity contribution < 1.29 is 19.0 Å². The van der Waals surface area contributed by atoms with Gasteiger partial charge in [0.15, 0.2) is 28.3 Å². The number of benzene rings is 2. The van der Waals surface area contributed by atoms with Gasteiger partial charge in [-0.25, -0.2) is 0 Å². The van der Waals surface area contributed by atoms with Gasteiger partial charge in [-0.1, -0.05) is 23.9 Å². The highest BCUT2D eigenvalue weighted by atomic mass is 32.2. The number of ether oxygens (including phenoxy) is 3. The van der Waals surface area contributed by atoms with Crippen molar-refractivity contribution in [3.8, 4) is 28.6 Å². The molecule has 0 fully saturated rings. The Labute approximate surface area is 166 Å². The van der Waals surface area contributed by atoms with Crippen LogP contribution >= 0.6 is 11.8 Å². The first-order valence-corrected chi connectivity index (χ1v) is 9.82. The molecule has 0 atom stereocenters. The van der Waals surface area contributed by atoms with E-state index in [1.54, 1.807) is 25.3 Å². The van der Waals surface area contributed by atoms with Crippen LogP contribution < -0.4 is 14.2 Å². The fourth-order valence-corrected chi connectivity index (χ4v) is 3.89. The van der Waals surface area contributed by atoms with Crippen molar-refractivity contribution in [3.05, 3.63) is 48.0 Å². The maximum Gasteiger partial charge on any atom is 0.231 e. The van der Waals surface area contributed by atoms with E-state index in [1.807, 2.05) is 35.8 Å². The minimum atomic E-state index is -0.00667. The molecule has 0 saturated heterocycles. The summed E-state index contributed by atoms with van der Waals surface area (Å²) >= 11 is 1.36. The fraction of sp³-hybridized carbons (Fsp3) is 0.250. The number of fused-ring (bicyclic) bond motifs is 1. The molecule has 1 aromatic heterocycles. The molecule has 7 nitrogen and oxygen atoms in total. The molecule has 144 valence electrons. The zero-order valence-electron chi connectivity index (χ0n) is 15.5. The Kier molecular flexibility index (Phi) is 5.21. The summed E-state index contributed by atoms with van der Waals surface area (Å²) in [5.41, 5.74) is 1.46. The van der Waals surface area contributed by atoms with Gasteiger partial charge in [0.25, 0.3) is 0 Å². The maximum absolute atomic E-state index is 12.6. The smallest absolute Gasteiger partial charge is 0.231 e. The molecule has 0 saturated carbocycles. The Bertz CT molecular complexity index is 1020. The molecule has 1 aliphatic heterocycles. The molecule has 0 aliphatic carbocycles. The summed E-state index contributed by atoms with van der Waals surface area (Å²) < 4.78 is 18.0. The lowest BCUT2D eigenvalue weighted by molar-refractivity contribution is 0.102. The molecular weight excluding hydrogens is 378 g/mol. The maximum atomic E-state index is 12.6. The number of carbonyl (C=O) groups excluding carboxylic acids is 1. The third-order valence-electron chi connectivity index (χ3n) is 4.41. The monoisotopic (exact) mass is 397 g/mol. The summed E-state index contributed by atoms with van der Waals surface area (Å²) in [6.07, 6.45) is 0. The summed E-state index contributed by atoms with van der Waals surface area (Å²) in [6, 6.07) is 12.9. The van der Waals surface area contributed by atoms with Gasteiger partial charge in [0.2, 0.25) is 6.79 Å². The molecular formula is C20H19N3O4S. The fourth-order valence-electron chi connectivity index (χ4n) is 2.99. The number of aromatic nitrogens is 3. The van der Waals surface area contributed by atoms with E-state index >= 15 is 0 Å². The van der Waals surface area contributed by atoms with E-state index in [1.165, 1.54) is 11.8 Å². The van der Waals surface area contributed by atoms with E-state index in [0.717, 1.165) is 17.1 Å². The number of para-hydroxylation sites is 1. The van der Waals surface area contributed by atoms with Gasteiger partial charge in [-0.15, -0.1) is 10.2 Å². The molecule has 0 N–H and O–H groups in total. The van der Waals surface area contributed by atoms with E-state index in [-0.39, 0.29) is 18.3 Å². The van der Waals surface area contributed by atoms with Crippen LogP contribution in [0.3, 0.4) is 0 Å². The molecule has 8 heteroatoms. The molecule has 2 heterocycles. The van der Waals surface area contributed by atoms with E-state index < -0.39 is 0 Å². The minimum absolute atomic E-state index is 0.00667. The quantitative estimate of drug-likeness (QED) is 0.445. The standard InChI is InChI=1S/C20H19N3O4S/c1-3-23-19(14-6-4-5-7-16(14)25-2)21-22-20(23)28-11-15(24)13-8-9-17-18(10-13)27-12-26-17/h4-10H,3,11-12H2,1-2H3. The van der Waals surface area contributed by atoms with E-state index in [2.05, 4.69) is 10.2 Å². The van der Waals surface area contributed by atoms with Crippen molar-refractivity contribution in [1.82, 2.24) is 14.8 Å². The van der Waals surface area contributed by atoms with Crippen molar-refractivity contribution in [2.45, 2.75) is 18.6 Å². The topological polar surface area (TPSA) is 75.5 Å². The van der Waals surface area contributed by atoms with E-state index in [9.17, 15) is 4.79 Å². The van der Waals surface area contributed by atoms with Crippen LogP contribution in [0, 0.1) is 0 Å². The molecule has 4 rings (SSSR count). The number of nitrogens with zero attached hydrogens (tertiary/aromatic N) is 3. The molecule has 0 amide bonds. The number of hydrogen-bond donors (Lipinski definition) is 0. The Hall–Kier alpha value is -3.00. The third kappa shape index (κ3) is 3.43. The average molecular weight is 397 g/mol. The van der Waals surface area contributed by atoms with Crippen LogP contribution in [0.5, 0.6) is 17.2 Å². The highest BCUT2D eigenvalue weighted by Gasteiger charge is 2.19. The van der Waals surface area contributed by atoms with Crippen molar-refractivity contribution in [3.63, 3.8) is 0 Å². The highest BCUT2D eigenvalue weighted by molar-refractivity contribution is 7.99. The number of hydrogen-bond acceptors (Lipinski definition) is 7. The summed E-state index contributed by atoms with van der Waals surface area (Å²) in [7, 11) is 1.63. The first kappa shape index (κ1) is 18.4.